The lowest BCUT2D eigenvalue weighted by molar-refractivity contribution is -0.128. The van der Waals surface area contributed by atoms with Crippen LogP contribution in [0.4, 0.5) is 0 Å². The molecule has 0 spiro atoms. The van der Waals surface area contributed by atoms with Gasteiger partial charge >= 0.3 is 0 Å². The van der Waals surface area contributed by atoms with Gasteiger partial charge in [0.1, 0.15) is 6.29 Å². The van der Waals surface area contributed by atoms with Crippen LogP contribution in [0.15, 0.2) is 0 Å². The van der Waals surface area contributed by atoms with Crippen LogP contribution in [-0.4, -0.2) is 82.1 Å². The van der Waals surface area contributed by atoms with Gasteiger partial charge in [-0.1, -0.05) is 0 Å². The van der Waals surface area contributed by atoms with E-state index in [1.807, 2.05) is 0 Å². The van der Waals surface area contributed by atoms with Crippen LogP contribution in [0.3, 0.4) is 0 Å². The predicted molar refractivity (Wildman–Crippen MR) is 94.3 cm³/mol. The summed E-state index contributed by atoms with van der Waals surface area (Å²) >= 11 is 0. The van der Waals surface area contributed by atoms with Crippen LogP contribution in [-0.2, 0) is 28.8 Å². The van der Waals surface area contributed by atoms with Crippen molar-refractivity contribution in [3.63, 3.8) is 0 Å². The average Bonchev–Trinajstić information content (AvgIpc) is 2.64. The molecular weight excluding hydrogens is 360 g/mol. The molecule has 12 nitrogen and oxygen atoms in total. The van der Waals surface area contributed by atoms with E-state index in [9.17, 15) is 28.8 Å². The number of amides is 5. The minimum atomic E-state index is -0.590. The van der Waals surface area contributed by atoms with Crippen LogP contribution in [0.1, 0.15) is 12.8 Å². The van der Waals surface area contributed by atoms with Crippen LogP contribution in [0.2, 0.25) is 0 Å². The molecule has 5 amide bonds. The standard InChI is InChI=1S/C15H26N6O6/c1-16-7-12(24)17-4-2-3-11(23)19-9-14(26)21-10-15(27)20-8-13(25)18-5-6-22/h6,16H,2-5,7-10H2,1H3,(H,17,24)(H,18,25)(H,19,23)(H,20,27)(H,21,26). The lowest BCUT2D eigenvalue weighted by Gasteiger charge is -2.08. The number of hydrogen-bond acceptors (Lipinski definition) is 7. The fourth-order valence-electron chi connectivity index (χ4n) is 1.67. The van der Waals surface area contributed by atoms with E-state index < -0.39 is 17.7 Å². The molecule has 152 valence electrons. The van der Waals surface area contributed by atoms with Crippen molar-refractivity contribution in [3.05, 3.63) is 0 Å². The number of carbonyl (C=O) groups excluding carboxylic acids is 6. The first-order valence-electron chi connectivity index (χ1n) is 8.30. The molecule has 0 aliphatic heterocycles. The largest absolute Gasteiger partial charge is 0.355 e. The van der Waals surface area contributed by atoms with Gasteiger partial charge in [-0.3, -0.25) is 24.0 Å². The molecule has 0 unspecified atom stereocenters. The molecule has 0 aromatic carbocycles. The first kappa shape index (κ1) is 24.0. The van der Waals surface area contributed by atoms with E-state index in [-0.39, 0.29) is 51.0 Å². The van der Waals surface area contributed by atoms with Crippen LogP contribution < -0.4 is 31.9 Å². The van der Waals surface area contributed by atoms with Crippen molar-refractivity contribution in [1.82, 2.24) is 31.9 Å². The Balaban J connectivity index is 3.73. The molecule has 0 aromatic rings. The Labute approximate surface area is 156 Å². The number of nitrogens with one attached hydrogen (secondary N) is 6. The molecule has 6 N–H and O–H groups in total. The van der Waals surface area contributed by atoms with E-state index in [2.05, 4.69) is 31.9 Å². The zero-order chi connectivity index (χ0) is 20.5. The summed E-state index contributed by atoms with van der Waals surface area (Å²) in [6, 6.07) is 0. The van der Waals surface area contributed by atoms with Gasteiger partial charge in [0.15, 0.2) is 0 Å². The number of rotatable bonds is 14. The second-order valence-corrected chi connectivity index (χ2v) is 5.28. The summed E-state index contributed by atoms with van der Waals surface area (Å²) in [5, 5.41) is 14.5. The second-order valence-electron chi connectivity index (χ2n) is 5.28. The minimum absolute atomic E-state index is 0.142. The molecule has 0 bridgehead atoms. The Bertz CT molecular complexity index is 539. The summed E-state index contributed by atoms with van der Waals surface area (Å²) in [6.45, 7) is -0.563. The van der Waals surface area contributed by atoms with E-state index in [4.69, 9.17) is 0 Å². The fourth-order valence-corrected chi connectivity index (χ4v) is 1.67. The molecule has 0 rings (SSSR count). The van der Waals surface area contributed by atoms with Gasteiger partial charge in [0, 0.05) is 13.0 Å². The molecule has 0 fully saturated rings. The SMILES string of the molecule is CNCC(=O)NCCCC(=O)NCC(=O)NCC(=O)NCC(=O)NCC=O. The zero-order valence-electron chi connectivity index (χ0n) is 15.2. The summed E-state index contributed by atoms with van der Waals surface area (Å²) in [5.74, 6) is -2.21. The van der Waals surface area contributed by atoms with Gasteiger partial charge < -0.3 is 36.7 Å². The van der Waals surface area contributed by atoms with Gasteiger partial charge in [-0.2, -0.15) is 0 Å². The molecule has 27 heavy (non-hydrogen) atoms. The van der Waals surface area contributed by atoms with Crippen molar-refractivity contribution in [2.24, 2.45) is 0 Å². The molecule has 0 aliphatic carbocycles. The molecule has 0 saturated heterocycles. The monoisotopic (exact) mass is 386 g/mol. The van der Waals surface area contributed by atoms with Gasteiger partial charge in [-0.15, -0.1) is 0 Å². The number of hydrogen-bond donors (Lipinski definition) is 6. The van der Waals surface area contributed by atoms with Crippen molar-refractivity contribution in [1.29, 1.82) is 0 Å². The van der Waals surface area contributed by atoms with Crippen LogP contribution >= 0.6 is 0 Å². The predicted octanol–water partition coefficient (Wildman–Crippen LogP) is -4.23. The average molecular weight is 386 g/mol. The van der Waals surface area contributed by atoms with E-state index in [0.29, 0.717) is 19.3 Å². The number of likely N-dealkylation sites (N-methyl/N-ethyl adjacent to an activating group) is 1. The Morgan fingerprint density at radius 3 is 1.67 bits per heavy atom. The van der Waals surface area contributed by atoms with E-state index in [1.165, 1.54) is 0 Å². The van der Waals surface area contributed by atoms with Gasteiger partial charge in [0.05, 0.1) is 32.7 Å². The maximum atomic E-state index is 11.6. The highest BCUT2D eigenvalue weighted by atomic mass is 16.2. The third kappa shape index (κ3) is 15.0. The topological polar surface area (TPSA) is 175 Å². The summed E-state index contributed by atoms with van der Waals surface area (Å²) in [4.78, 5) is 66.9. The highest BCUT2D eigenvalue weighted by Crippen LogP contribution is 1.86. The normalized spacial score (nSPS) is 9.67. The first-order valence-corrected chi connectivity index (χ1v) is 8.30. The summed E-state index contributed by atoms with van der Waals surface area (Å²) < 4.78 is 0. The Hall–Kier alpha value is -3.02. The summed E-state index contributed by atoms with van der Waals surface area (Å²) in [5.41, 5.74) is 0. The minimum Gasteiger partial charge on any atom is -0.355 e. The molecule has 0 aromatic heterocycles. The van der Waals surface area contributed by atoms with E-state index in [0.717, 1.165) is 0 Å². The van der Waals surface area contributed by atoms with Crippen molar-refractivity contribution < 1.29 is 28.8 Å². The molecule has 0 radical (unpaired) electrons. The lowest BCUT2D eigenvalue weighted by atomic mass is 10.3. The van der Waals surface area contributed by atoms with Gasteiger partial charge in [-0.25, -0.2) is 0 Å². The molecule has 0 aliphatic rings. The third-order valence-electron chi connectivity index (χ3n) is 2.96. The lowest BCUT2D eigenvalue weighted by Crippen LogP contribution is -2.44. The highest BCUT2D eigenvalue weighted by Gasteiger charge is 2.09. The third-order valence-corrected chi connectivity index (χ3v) is 2.96. The Kier molecular flexibility index (Phi) is 13.5. The molecule has 0 atom stereocenters. The molecule has 0 heterocycles. The molecule has 12 heteroatoms. The summed E-state index contributed by atoms with van der Waals surface area (Å²) in [6.07, 6.45) is 1.08. The Morgan fingerprint density at radius 1 is 0.667 bits per heavy atom. The maximum Gasteiger partial charge on any atom is 0.239 e. The quantitative estimate of drug-likeness (QED) is 0.129. The molecular formula is C15H26N6O6. The van der Waals surface area contributed by atoms with Gasteiger partial charge in [0.25, 0.3) is 0 Å². The maximum absolute atomic E-state index is 11.6. The van der Waals surface area contributed by atoms with E-state index in [1.54, 1.807) is 7.05 Å². The van der Waals surface area contributed by atoms with Crippen LogP contribution in [0, 0.1) is 0 Å². The van der Waals surface area contributed by atoms with Gasteiger partial charge in [0.2, 0.25) is 29.5 Å². The van der Waals surface area contributed by atoms with Crippen LogP contribution in [0.5, 0.6) is 0 Å². The van der Waals surface area contributed by atoms with E-state index >= 15 is 0 Å². The smallest absolute Gasteiger partial charge is 0.239 e. The Morgan fingerprint density at radius 2 is 1.15 bits per heavy atom. The second kappa shape index (κ2) is 15.3. The highest BCUT2D eigenvalue weighted by molar-refractivity contribution is 5.90. The van der Waals surface area contributed by atoms with Crippen molar-refractivity contribution in [3.8, 4) is 0 Å². The van der Waals surface area contributed by atoms with Crippen LogP contribution in [0.25, 0.3) is 0 Å². The van der Waals surface area contributed by atoms with Crippen molar-refractivity contribution >= 4 is 35.8 Å². The fraction of sp³-hybridized carbons (Fsp3) is 0.600. The number of aldehydes is 1. The summed E-state index contributed by atoms with van der Waals surface area (Å²) in [7, 11) is 1.65. The van der Waals surface area contributed by atoms with Crippen molar-refractivity contribution in [2.75, 3.05) is 46.3 Å². The van der Waals surface area contributed by atoms with Gasteiger partial charge in [-0.05, 0) is 13.5 Å². The number of carbonyl (C=O) groups is 6. The molecule has 0 saturated carbocycles. The zero-order valence-corrected chi connectivity index (χ0v) is 15.2. The van der Waals surface area contributed by atoms with Crippen molar-refractivity contribution in [2.45, 2.75) is 12.8 Å². The first-order chi connectivity index (χ1) is 12.9.